The fraction of sp³-hybridized carbons (Fsp3) is 0.500. The molecule has 0 amide bonds. The molecule has 0 heterocycles. The zero-order valence-corrected chi connectivity index (χ0v) is 10.4. The summed E-state index contributed by atoms with van der Waals surface area (Å²) >= 11 is 0. The van der Waals surface area contributed by atoms with Crippen LogP contribution < -0.4 is 10.5 Å². The molecule has 1 atom stereocenters. The Balaban J connectivity index is 0.00000196. The van der Waals surface area contributed by atoms with Gasteiger partial charge in [0.25, 0.3) is 0 Å². The summed E-state index contributed by atoms with van der Waals surface area (Å²) in [5.74, 6) is 0.909. The molecule has 3 heteroatoms. The Morgan fingerprint density at radius 1 is 1.20 bits per heavy atom. The Labute approximate surface area is 98.2 Å². The van der Waals surface area contributed by atoms with E-state index in [1.54, 1.807) is 0 Å². The molecule has 2 nitrogen and oxygen atoms in total. The maximum Gasteiger partial charge on any atom is 0.119 e. The number of ether oxygens (including phenoxy) is 1. The van der Waals surface area contributed by atoms with E-state index in [1.165, 1.54) is 5.56 Å². The first-order valence-electron chi connectivity index (χ1n) is 5.15. The van der Waals surface area contributed by atoms with Crippen LogP contribution in [0.25, 0.3) is 0 Å². The van der Waals surface area contributed by atoms with E-state index in [9.17, 15) is 0 Å². The molecule has 0 spiro atoms. The highest BCUT2D eigenvalue weighted by Gasteiger charge is 2.03. The van der Waals surface area contributed by atoms with Crippen LogP contribution in [0.2, 0.25) is 0 Å². The smallest absolute Gasteiger partial charge is 0.119 e. The van der Waals surface area contributed by atoms with Gasteiger partial charge in [-0.05, 0) is 38.0 Å². The average Bonchev–Trinajstić information content (AvgIpc) is 2.17. The molecule has 0 radical (unpaired) electrons. The molecule has 0 bridgehead atoms. The molecule has 15 heavy (non-hydrogen) atoms. The largest absolute Gasteiger partial charge is 0.491 e. The van der Waals surface area contributed by atoms with Crippen molar-refractivity contribution in [3.8, 4) is 5.75 Å². The van der Waals surface area contributed by atoms with Crippen LogP contribution >= 0.6 is 12.4 Å². The lowest BCUT2D eigenvalue weighted by atomic mass is 10.1. The number of hydrogen-bond donors (Lipinski definition) is 1. The van der Waals surface area contributed by atoms with E-state index < -0.39 is 0 Å². The molecule has 0 unspecified atom stereocenters. The van der Waals surface area contributed by atoms with E-state index in [2.05, 4.69) is 6.92 Å². The molecular formula is C12H20ClNO. The first kappa shape index (κ1) is 14.3. The Bertz CT molecular complexity index is 271. The van der Waals surface area contributed by atoms with Crippen LogP contribution in [0, 0.1) is 0 Å². The van der Waals surface area contributed by atoms with Gasteiger partial charge in [-0.3, -0.25) is 0 Å². The lowest BCUT2D eigenvalue weighted by Crippen LogP contribution is -2.09. The van der Waals surface area contributed by atoms with Gasteiger partial charge in [-0.25, -0.2) is 0 Å². The van der Waals surface area contributed by atoms with Crippen LogP contribution in [-0.2, 0) is 0 Å². The van der Waals surface area contributed by atoms with Crippen molar-refractivity contribution in [2.45, 2.75) is 39.3 Å². The molecule has 0 aromatic heterocycles. The van der Waals surface area contributed by atoms with Crippen LogP contribution in [0.15, 0.2) is 24.3 Å². The van der Waals surface area contributed by atoms with Gasteiger partial charge >= 0.3 is 0 Å². The second kappa shape index (κ2) is 6.70. The Kier molecular flexibility index (Phi) is 6.37. The fourth-order valence-corrected chi connectivity index (χ4v) is 1.30. The third kappa shape index (κ3) is 4.54. The summed E-state index contributed by atoms with van der Waals surface area (Å²) in [6.07, 6.45) is 1.19. The monoisotopic (exact) mass is 229 g/mol. The van der Waals surface area contributed by atoms with Gasteiger partial charge in [0.15, 0.2) is 0 Å². The lowest BCUT2D eigenvalue weighted by molar-refractivity contribution is 0.242. The van der Waals surface area contributed by atoms with E-state index in [1.807, 2.05) is 38.1 Å². The van der Waals surface area contributed by atoms with Gasteiger partial charge in [-0.15, -0.1) is 12.4 Å². The second-order valence-electron chi connectivity index (χ2n) is 3.75. The Morgan fingerprint density at radius 3 is 2.13 bits per heavy atom. The zero-order chi connectivity index (χ0) is 10.6. The molecule has 1 aromatic carbocycles. The normalized spacial score (nSPS) is 12.1. The van der Waals surface area contributed by atoms with Crippen molar-refractivity contribution in [3.05, 3.63) is 29.8 Å². The van der Waals surface area contributed by atoms with Crippen molar-refractivity contribution >= 4 is 12.4 Å². The summed E-state index contributed by atoms with van der Waals surface area (Å²) in [6, 6.07) is 8.16. The van der Waals surface area contributed by atoms with Crippen LogP contribution in [-0.4, -0.2) is 6.10 Å². The third-order valence-electron chi connectivity index (χ3n) is 2.12. The first-order chi connectivity index (χ1) is 6.63. The van der Waals surface area contributed by atoms with Crippen LogP contribution in [0.1, 0.15) is 38.8 Å². The van der Waals surface area contributed by atoms with Gasteiger partial charge in [0.2, 0.25) is 0 Å². The Morgan fingerprint density at radius 2 is 1.73 bits per heavy atom. The standard InChI is InChI=1S/C12H19NO.ClH/c1-4-12(13)10-5-7-11(8-6-10)14-9(2)3;/h5-9,12H,4,13H2,1-3H3;1H/t12-;/m0./s1. The third-order valence-corrected chi connectivity index (χ3v) is 2.12. The number of benzene rings is 1. The van der Waals surface area contributed by atoms with Gasteiger partial charge in [-0.1, -0.05) is 19.1 Å². The number of rotatable bonds is 4. The number of hydrogen-bond acceptors (Lipinski definition) is 2. The molecule has 1 aromatic rings. The minimum absolute atomic E-state index is 0. The molecule has 0 aliphatic rings. The Hall–Kier alpha value is -0.730. The maximum atomic E-state index is 5.90. The van der Waals surface area contributed by atoms with Gasteiger partial charge in [0.05, 0.1) is 6.10 Å². The van der Waals surface area contributed by atoms with Crippen LogP contribution in [0.3, 0.4) is 0 Å². The van der Waals surface area contributed by atoms with Crippen molar-refractivity contribution in [3.63, 3.8) is 0 Å². The fourth-order valence-electron chi connectivity index (χ4n) is 1.30. The van der Waals surface area contributed by atoms with Crippen molar-refractivity contribution < 1.29 is 4.74 Å². The molecule has 0 saturated heterocycles. The average molecular weight is 230 g/mol. The van der Waals surface area contributed by atoms with Crippen molar-refractivity contribution in [1.82, 2.24) is 0 Å². The zero-order valence-electron chi connectivity index (χ0n) is 9.57. The van der Waals surface area contributed by atoms with Gasteiger partial charge < -0.3 is 10.5 Å². The quantitative estimate of drug-likeness (QED) is 0.860. The highest BCUT2D eigenvalue weighted by atomic mass is 35.5. The van der Waals surface area contributed by atoms with E-state index in [-0.39, 0.29) is 24.6 Å². The van der Waals surface area contributed by atoms with Crippen LogP contribution in [0.5, 0.6) is 5.75 Å². The van der Waals surface area contributed by atoms with E-state index in [0.29, 0.717) is 0 Å². The molecule has 0 fully saturated rings. The predicted molar refractivity (Wildman–Crippen MR) is 66.7 cm³/mol. The maximum absolute atomic E-state index is 5.90. The topological polar surface area (TPSA) is 35.2 Å². The summed E-state index contributed by atoms with van der Waals surface area (Å²) in [6.45, 7) is 6.13. The summed E-state index contributed by atoms with van der Waals surface area (Å²) in [5.41, 5.74) is 7.07. The van der Waals surface area contributed by atoms with Crippen molar-refractivity contribution in [2.24, 2.45) is 5.73 Å². The highest BCUT2D eigenvalue weighted by Crippen LogP contribution is 2.18. The second-order valence-corrected chi connectivity index (χ2v) is 3.75. The van der Waals surface area contributed by atoms with Crippen LogP contribution in [0.4, 0.5) is 0 Å². The number of halogens is 1. The van der Waals surface area contributed by atoms with Gasteiger partial charge in [-0.2, -0.15) is 0 Å². The predicted octanol–water partition coefficient (Wildman–Crippen LogP) is 3.31. The van der Waals surface area contributed by atoms with E-state index in [4.69, 9.17) is 10.5 Å². The first-order valence-corrected chi connectivity index (χ1v) is 5.15. The van der Waals surface area contributed by atoms with Gasteiger partial charge in [0, 0.05) is 6.04 Å². The molecule has 86 valence electrons. The van der Waals surface area contributed by atoms with E-state index in [0.717, 1.165) is 12.2 Å². The molecule has 0 saturated carbocycles. The molecule has 0 aliphatic carbocycles. The SMILES string of the molecule is CC[C@H](N)c1ccc(OC(C)C)cc1.Cl. The van der Waals surface area contributed by atoms with Gasteiger partial charge in [0.1, 0.15) is 5.75 Å². The molecule has 0 aliphatic heterocycles. The van der Waals surface area contributed by atoms with Crippen molar-refractivity contribution in [1.29, 1.82) is 0 Å². The lowest BCUT2D eigenvalue weighted by Gasteiger charge is -2.12. The molecule has 1 rings (SSSR count). The molecule has 2 N–H and O–H groups in total. The summed E-state index contributed by atoms with van der Waals surface area (Å²) in [4.78, 5) is 0. The highest BCUT2D eigenvalue weighted by molar-refractivity contribution is 5.85. The van der Waals surface area contributed by atoms with Crippen molar-refractivity contribution in [2.75, 3.05) is 0 Å². The number of nitrogens with two attached hydrogens (primary N) is 1. The minimum atomic E-state index is 0. The summed E-state index contributed by atoms with van der Waals surface area (Å²) in [7, 11) is 0. The minimum Gasteiger partial charge on any atom is -0.491 e. The summed E-state index contributed by atoms with van der Waals surface area (Å²) in [5, 5.41) is 0. The molecular weight excluding hydrogens is 210 g/mol. The summed E-state index contributed by atoms with van der Waals surface area (Å²) < 4.78 is 5.54. The van der Waals surface area contributed by atoms with E-state index >= 15 is 0 Å².